The first-order chi connectivity index (χ1) is 8.36. The minimum absolute atomic E-state index is 0.938. The van der Waals surface area contributed by atoms with Crippen LogP contribution in [0.1, 0.15) is 58.8 Å². The molecular formula is C15H32N2. The molecule has 1 aliphatic rings. The molecule has 0 aromatic rings. The number of unbranched alkanes of at least 4 members (excludes halogenated alkanes) is 3. The summed E-state index contributed by atoms with van der Waals surface area (Å²) < 4.78 is 0. The van der Waals surface area contributed by atoms with Crippen molar-refractivity contribution in [3.63, 3.8) is 0 Å². The van der Waals surface area contributed by atoms with Gasteiger partial charge in [0, 0.05) is 0 Å². The van der Waals surface area contributed by atoms with Gasteiger partial charge >= 0.3 is 0 Å². The van der Waals surface area contributed by atoms with Gasteiger partial charge in [-0.2, -0.15) is 0 Å². The average molecular weight is 240 g/mol. The van der Waals surface area contributed by atoms with Gasteiger partial charge in [0.15, 0.2) is 0 Å². The summed E-state index contributed by atoms with van der Waals surface area (Å²) in [6.45, 7) is 11.0. The Labute approximate surface area is 108 Å². The van der Waals surface area contributed by atoms with Crippen LogP contribution < -0.4 is 5.32 Å². The normalized spacial score (nSPS) is 18.7. The molecular weight excluding hydrogens is 208 g/mol. The molecule has 0 aliphatic carbocycles. The fourth-order valence-electron chi connectivity index (χ4n) is 2.66. The lowest BCUT2D eigenvalue weighted by Gasteiger charge is -2.32. The molecule has 102 valence electrons. The minimum Gasteiger partial charge on any atom is -0.316 e. The Morgan fingerprint density at radius 3 is 2.41 bits per heavy atom. The summed E-state index contributed by atoms with van der Waals surface area (Å²) in [5, 5.41) is 3.56. The van der Waals surface area contributed by atoms with Crippen molar-refractivity contribution in [3.05, 3.63) is 0 Å². The van der Waals surface area contributed by atoms with Crippen LogP contribution in [0.3, 0.4) is 0 Å². The van der Waals surface area contributed by atoms with Gasteiger partial charge in [-0.05, 0) is 64.3 Å². The van der Waals surface area contributed by atoms with Crippen LogP contribution in [0.2, 0.25) is 0 Å². The van der Waals surface area contributed by atoms with Crippen molar-refractivity contribution in [3.8, 4) is 0 Å². The number of nitrogens with zero attached hydrogens (tertiary/aromatic N) is 1. The Bertz CT molecular complexity index is 162. The summed E-state index contributed by atoms with van der Waals surface area (Å²) in [6.07, 6.45) is 9.68. The van der Waals surface area contributed by atoms with Gasteiger partial charge in [-0.3, -0.25) is 0 Å². The van der Waals surface area contributed by atoms with Gasteiger partial charge in [0.25, 0.3) is 0 Å². The second-order valence-electron chi connectivity index (χ2n) is 5.55. The van der Waals surface area contributed by atoms with Gasteiger partial charge in [-0.1, -0.05) is 33.1 Å². The third-order valence-electron chi connectivity index (χ3n) is 3.89. The smallest absolute Gasteiger partial charge is 0.00156 e. The number of piperidine rings is 1. The molecule has 1 saturated heterocycles. The van der Waals surface area contributed by atoms with Crippen molar-refractivity contribution >= 4 is 0 Å². The highest BCUT2D eigenvalue weighted by atomic mass is 15.1. The lowest BCUT2D eigenvalue weighted by molar-refractivity contribution is 0.179. The van der Waals surface area contributed by atoms with Gasteiger partial charge in [0.05, 0.1) is 0 Å². The first-order valence-electron chi connectivity index (χ1n) is 7.79. The van der Waals surface area contributed by atoms with Gasteiger partial charge < -0.3 is 10.2 Å². The lowest BCUT2D eigenvalue weighted by atomic mass is 9.96. The van der Waals surface area contributed by atoms with Crippen molar-refractivity contribution in [1.29, 1.82) is 0 Å². The topological polar surface area (TPSA) is 15.3 Å². The molecule has 0 unspecified atom stereocenters. The zero-order valence-corrected chi connectivity index (χ0v) is 12.0. The van der Waals surface area contributed by atoms with E-state index < -0.39 is 0 Å². The van der Waals surface area contributed by atoms with Crippen LogP contribution in [0.4, 0.5) is 0 Å². The fraction of sp³-hybridized carbons (Fsp3) is 1.00. The molecule has 1 heterocycles. The maximum Gasteiger partial charge on any atom is -0.00156 e. The third kappa shape index (κ3) is 7.05. The lowest BCUT2D eigenvalue weighted by Crippen LogP contribution is -2.37. The summed E-state index contributed by atoms with van der Waals surface area (Å²) in [5.41, 5.74) is 0. The summed E-state index contributed by atoms with van der Waals surface area (Å²) in [5.74, 6) is 0.938. The molecule has 0 bridgehead atoms. The van der Waals surface area contributed by atoms with Crippen LogP contribution in [-0.2, 0) is 0 Å². The summed E-state index contributed by atoms with van der Waals surface area (Å²) in [4.78, 5) is 2.67. The number of nitrogens with one attached hydrogen (secondary N) is 1. The largest absolute Gasteiger partial charge is 0.316 e. The summed E-state index contributed by atoms with van der Waals surface area (Å²) in [7, 11) is 0. The van der Waals surface area contributed by atoms with Gasteiger partial charge in [-0.25, -0.2) is 0 Å². The molecule has 1 N–H and O–H groups in total. The van der Waals surface area contributed by atoms with Gasteiger partial charge in [0.2, 0.25) is 0 Å². The van der Waals surface area contributed by atoms with Crippen molar-refractivity contribution in [2.75, 3.05) is 32.7 Å². The van der Waals surface area contributed by atoms with Crippen molar-refractivity contribution in [1.82, 2.24) is 10.2 Å². The molecule has 0 amide bonds. The van der Waals surface area contributed by atoms with E-state index in [1.54, 1.807) is 0 Å². The highest BCUT2D eigenvalue weighted by Crippen LogP contribution is 2.16. The molecule has 0 spiro atoms. The molecule has 0 aromatic carbocycles. The number of hydrogen-bond acceptors (Lipinski definition) is 2. The second-order valence-corrected chi connectivity index (χ2v) is 5.55. The Morgan fingerprint density at radius 1 is 1.00 bits per heavy atom. The highest BCUT2D eigenvalue weighted by Gasteiger charge is 2.17. The summed E-state index contributed by atoms with van der Waals surface area (Å²) in [6, 6.07) is 0. The van der Waals surface area contributed by atoms with E-state index in [9.17, 15) is 0 Å². The molecule has 0 atom stereocenters. The third-order valence-corrected chi connectivity index (χ3v) is 3.89. The summed E-state index contributed by atoms with van der Waals surface area (Å²) >= 11 is 0. The van der Waals surface area contributed by atoms with Gasteiger partial charge in [0.1, 0.15) is 0 Å². The van der Waals surface area contributed by atoms with Crippen LogP contribution in [0.15, 0.2) is 0 Å². The van der Waals surface area contributed by atoms with E-state index in [-0.39, 0.29) is 0 Å². The zero-order chi connectivity index (χ0) is 12.3. The molecule has 1 fully saturated rings. The molecule has 1 aliphatic heterocycles. The average Bonchev–Trinajstić information content (AvgIpc) is 2.37. The zero-order valence-electron chi connectivity index (χ0n) is 12.0. The second kappa shape index (κ2) is 9.90. The van der Waals surface area contributed by atoms with E-state index in [1.165, 1.54) is 77.7 Å². The number of rotatable bonds is 9. The Balaban J connectivity index is 1.97. The molecule has 2 nitrogen and oxygen atoms in total. The number of likely N-dealkylation sites (tertiary alicyclic amines) is 1. The van der Waals surface area contributed by atoms with Gasteiger partial charge in [-0.15, -0.1) is 0 Å². The Morgan fingerprint density at radius 2 is 1.76 bits per heavy atom. The first kappa shape index (κ1) is 15.0. The molecule has 0 radical (unpaired) electrons. The van der Waals surface area contributed by atoms with Crippen molar-refractivity contribution in [2.24, 2.45) is 5.92 Å². The maximum absolute atomic E-state index is 3.56. The van der Waals surface area contributed by atoms with Crippen molar-refractivity contribution < 1.29 is 0 Å². The van der Waals surface area contributed by atoms with E-state index in [4.69, 9.17) is 0 Å². The highest BCUT2D eigenvalue weighted by molar-refractivity contribution is 4.73. The van der Waals surface area contributed by atoms with E-state index in [1.807, 2.05) is 0 Å². The van der Waals surface area contributed by atoms with Crippen molar-refractivity contribution in [2.45, 2.75) is 58.8 Å². The molecule has 2 heteroatoms. The molecule has 0 aromatic heterocycles. The Kier molecular flexibility index (Phi) is 8.72. The fourth-order valence-corrected chi connectivity index (χ4v) is 2.66. The first-order valence-corrected chi connectivity index (χ1v) is 7.79. The quantitative estimate of drug-likeness (QED) is 0.622. The number of hydrogen-bond donors (Lipinski definition) is 1. The standard InChI is InChI=1S/C15H32N2/c1-3-5-6-7-11-17-12-8-15(9-13-17)14-16-10-4-2/h15-16H,3-14H2,1-2H3. The van der Waals surface area contributed by atoms with Crippen LogP contribution in [0.25, 0.3) is 0 Å². The van der Waals surface area contributed by atoms with E-state index in [0.29, 0.717) is 0 Å². The van der Waals surface area contributed by atoms with E-state index in [2.05, 4.69) is 24.1 Å². The minimum atomic E-state index is 0.938. The predicted octanol–water partition coefficient (Wildman–Crippen LogP) is 3.28. The molecule has 1 rings (SSSR count). The van der Waals surface area contributed by atoms with Crippen LogP contribution in [-0.4, -0.2) is 37.6 Å². The molecule has 17 heavy (non-hydrogen) atoms. The predicted molar refractivity (Wildman–Crippen MR) is 76.5 cm³/mol. The SMILES string of the molecule is CCCCCCN1CCC(CNCCC)CC1. The Hall–Kier alpha value is -0.0800. The maximum atomic E-state index is 3.56. The van der Waals surface area contributed by atoms with E-state index >= 15 is 0 Å². The van der Waals surface area contributed by atoms with E-state index in [0.717, 1.165) is 5.92 Å². The molecule has 0 saturated carbocycles. The van der Waals surface area contributed by atoms with Crippen LogP contribution >= 0.6 is 0 Å². The van der Waals surface area contributed by atoms with Crippen LogP contribution in [0, 0.1) is 5.92 Å². The monoisotopic (exact) mass is 240 g/mol. The van der Waals surface area contributed by atoms with Crippen LogP contribution in [0.5, 0.6) is 0 Å².